The van der Waals surface area contributed by atoms with E-state index in [1.807, 2.05) is 23.6 Å². The number of hydrogen-bond donors (Lipinski definition) is 1. The zero-order valence-electron chi connectivity index (χ0n) is 8.88. The molecule has 90 valence electrons. The quantitative estimate of drug-likeness (QED) is 0.865. The molecule has 1 aliphatic rings. The van der Waals surface area contributed by atoms with E-state index in [0.717, 1.165) is 22.8 Å². The second kappa shape index (κ2) is 4.81. The van der Waals surface area contributed by atoms with E-state index in [1.165, 1.54) is 11.3 Å². The Balaban J connectivity index is 0.00000108. The van der Waals surface area contributed by atoms with Crippen LogP contribution in [0, 0.1) is 0 Å². The maximum Gasteiger partial charge on any atom is 0.180 e. The second-order valence-electron chi connectivity index (χ2n) is 3.43. The highest BCUT2D eigenvalue weighted by Crippen LogP contribution is 2.34. The molecule has 0 unspecified atom stereocenters. The van der Waals surface area contributed by atoms with E-state index >= 15 is 0 Å². The Bertz CT molecular complexity index is 530. The van der Waals surface area contributed by atoms with Gasteiger partial charge in [0.25, 0.3) is 0 Å². The van der Waals surface area contributed by atoms with Crippen molar-refractivity contribution in [2.24, 2.45) is 0 Å². The highest BCUT2D eigenvalue weighted by atomic mass is 35.5. The Morgan fingerprint density at radius 1 is 1.18 bits per heavy atom. The fourth-order valence-corrected chi connectivity index (χ4v) is 2.20. The molecule has 2 aromatic rings. The molecule has 0 fully saturated rings. The zero-order valence-corrected chi connectivity index (χ0v) is 10.5. The zero-order chi connectivity index (χ0) is 11.0. The van der Waals surface area contributed by atoms with E-state index in [1.54, 1.807) is 0 Å². The van der Waals surface area contributed by atoms with Crippen molar-refractivity contribution >= 4 is 28.9 Å². The smallest absolute Gasteiger partial charge is 0.180 e. The van der Waals surface area contributed by atoms with Gasteiger partial charge in [-0.25, -0.2) is 4.98 Å². The second-order valence-corrected chi connectivity index (χ2v) is 4.32. The third-order valence-corrected chi connectivity index (χ3v) is 3.03. The minimum absolute atomic E-state index is 0. The van der Waals surface area contributed by atoms with Gasteiger partial charge < -0.3 is 15.2 Å². The van der Waals surface area contributed by atoms with E-state index in [0.29, 0.717) is 18.3 Å². The SMILES string of the molecule is Cl.Nc1nc(-c2ccc3c(c2)OCCO3)cs1. The molecule has 0 radical (unpaired) electrons. The van der Waals surface area contributed by atoms with Crippen molar-refractivity contribution < 1.29 is 9.47 Å². The van der Waals surface area contributed by atoms with E-state index in [2.05, 4.69) is 4.98 Å². The van der Waals surface area contributed by atoms with E-state index in [4.69, 9.17) is 15.2 Å². The number of aromatic nitrogens is 1. The number of rotatable bonds is 1. The molecule has 0 saturated carbocycles. The normalized spacial score (nSPS) is 12.9. The van der Waals surface area contributed by atoms with Crippen LogP contribution in [0.2, 0.25) is 0 Å². The lowest BCUT2D eigenvalue weighted by atomic mass is 10.1. The van der Waals surface area contributed by atoms with Crippen molar-refractivity contribution in [2.75, 3.05) is 18.9 Å². The van der Waals surface area contributed by atoms with Crippen LogP contribution in [0.4, 0.5) is 5.13 Å². The van der Waals surface area contributed by atoms with Gasteiger partial charge in [0.1, 0.15) is 13.2 Å². The van der Waals surface area contributed by atoms with Gasteiger partial charge in [-0.1, -0.05) is 0 Å². The number of halogens is 1. The van der Waals surface area contributed by atoms with Crippen molar-refractivity contribution in [2.45, 2.75) is 0 Å². The van der Waals surface area contributed by atoms with Gasteiger partial charge >= 0.3 is 0 Å². The van der Waals surface area contributed by atoms with Gasteiger partial charge in [-0.05, 0) is 18.2 Å². The number of nitrogens with two attached hydrogens (primary N) is 1. The van der Waals surface area contributed by atoms with E-state index < -0.39 is 0 Å². The topological polar surface area (TPSA) is 57.4 Å². The summed E-state index contributed by atoms with van der Waals surface area (Å²) in [4.78, 5) is 4.23. The highest BCUT2D eigenvalue weighted by molar-refractivity contribution is 7.13. The fourth-order valence-electron chi connectivity index (χ4n) is 1.62. The number of hydrogen-bond acceptors (Lipinski definition) is 5. The van der Waals surface area contributed by atoms with Crippen molar-refractivity contribution in [1.82, 2.24) is 4.98 Å². The molecule has 0 bridgehead atoms. The number of nitrogens with zero attached hydrogens (tertiary/aromatic N) is 1. The molecule has 2 N–H and O–H groups in total. The van der Waals surface area contributed by atoms with Crippen LogP contribution in [0.1, 0.15) is 0 Å². The molecule has 0 saturated heterocycles. The van der Waals surface area contributed by atoms with Crippen molar-refractivity contribution in [3.8, 4) is 22.8 Å². The van der Waals surface area contributed by atoms with Gasteiger partial charge in [-0.15, -0.1) is 23.7 Å². The van der Waals surface area contributed by atoms with E-state index in [9.17, 15) is 0 Å². The third-order valence-electron chi connectivity index (χ3n) is 2.36. The number of fused-ring (bicyclic) bond motifs is 1. The number of benzene rings is 1. The molecule has 0 spiro atoms. The van der Waals surface area contributed by atoms with Crippen LogP contribution in [0.5, 0.6) is 11.5 Å². The molecule has 17 heavy (non-hydrogen) atoms. The number of thiazole rings is 1. The van der Waals surface area contributed by atoms with Gasteiger partial charge in [0, 0.05) is 10.9 Å². The van der Waals surface area contributed by atoms with Crippen molar-refractivity contribution in [3.05, 3.63) is 23.6 Å². The molecular formula is C11H11ClN2O2S. The molecule has 1 aliphatic heterocycles. The van der Waals surface area contributed by atoms with Crippen LogP contribution in [0.3, 0.4) is 0 Å². The summed E-state index contributed by atoms with van der Waals surface area (Å²) in [7, 11) is 0. The molecule has 1 aromatic carbocycles. The molecule has 6 heteroatoms. The van der Waals surface area contributed by atoms with Gasteiger partial charge in [0.05, 0.1) is 5.69 Å². The van der Waals surface area contributed by atoms with Gasteiger partial charge in [0.15, 0.2) is 16.6 Å². The lowest BCUT2D eigenvalue weighted by Crippen LogP contribution is -2.15. The molecule has 3 rings (SSSR count). The average molecular weight is 271 g/mol. The first-order chi connectivity index (χ1) is 7.83. The minimum atomic E-state index is 0. The van der Waals surface area contributed by atoms with Crippen LogP contribution in [-0.4, -0.2) is 18.2 Å². The Morgan fingerprint density at radius 2 is 1.94 bits per heavy atom. The maximum absolute atomic E-state index is 5.61. The molecule has 0 amide bonds. The Hall–Kier alpha value is -1.46. The summed E-state index contributed by atoms with van der Waals surface area (Å²) < 4.78 is 11.0. The Labute approximate surface area is 109 Å². The van der Waals surface area contributed by atoms with Gasteiger partial charge in [0.2, 0.25) is 0 Å². The van der Waals surface area contributed by atoms with Gasteiger partial charge in [-0.3, -0.25) is 0 Å². The third kappa shape index (κ3) is 2.30. The number of nitrogen functional groups attached to an aromatic ring is 1. The molecule has 4 nitrogen and oxygen atoms in total. The minimum Gasteiger partial charge on any atom is -0.486 e. The summed E-state index contributed by atoms with van der Waals surface area (Å²) >= 11 is 1.43. The van der Waals surface area contributed by atoms with Gasteiger partial charge in [-0.2, -0.15) is 0 Å². The van der Waals surface area contributed by atoms with E-state index in [-0.39, 0.29) is 12.4 Å². The first-order valence-electron chi connectivity index (χ1n) is 4.94. The summed E-state index contributed by atoms with van der Waals surface area (Å²) in [6, 6.07) is 5.80. The van der Waals surface area contributed by atoms with Crippen molar-refractivity contribution in [3.63, 3.8) is 0 Å². The summed E-state index contributed by atoms with van der Waals surface area (Å²) in [6.45, 7) is 1.20. The number of ether oxygens (including phenoxy) is 2. The predicted octanol–water partition coefficient (Wildman–Crippen LogP) is 2.59. The molecule has 0 atom stereocenters. The predicted molar refractivity (Wildman–Crippen MR) is 70.2 cm³/mol. The Kier molecular flexibility index (Phi) is 3.40. The van der Waals surface area contributed by atoms with Crippen LogP contribution < -0.4 is 15.2 Å². The average Bonchev–Trinajstić information content (AvgIpc) is 2.75. The molecule has 2 heterocycles. The standard InChI is InChI=1S/C11H10N2O2S.ClH/c12-11-13-8(6-16-11)7-1-2-9-10(5-7)15-4-3-14-9;/h1-2,5-6H,3-4H2,(H2,12,13);1H. The van der Waals surface area contributed by atoms with Crippen LogP contribution in [-0.2, 0) is 0 Å². The summed E-state index contributed by atoms with van der Waals surface area (Å²) in [5, 5.41) is 2.51. The number of anilines is 1. The van der Waals surface area contributed by atoms with Crippen LogP contribution >= 0.6 is 23.7 Å². The lowest BCUT2D eigenvalue weighted by molar-refractivity contribution is 0.171. The molecule has 1 aromatic heterocycles. The first kappa shape index (κ1) is 12.0. The monoisotopic (exact) mass is 270 g/mol. The summed E-state index contributed by atoms with van der Waals surface area (Å²) in [5.74, 6) is 1.56. The first-order valence-corrected chi connectivity index (χ1v) is 5.82. The Morgan fingerprint density at radius 3 is 2.65 bits per heavy atom. The highest BCUT2D eigenvalue weighted by Gasteiger charge is 2.13. The lowest BCUT2D eigenvalue weighted by Gasteiger charge is -2.18. The summed E-state index contributed by atoms with van der Waals surface area (Å²) in [5.41, 5.74) is 7.48. The summed E-state index contributed by atoms with van der Waals surface area (Å²) in [6.07, 6.45) is 0. The fraction of sp³-hybridized carbons (Fsp3) is 0.182. The van der Waals surface area contributed by atoms with Crippen LogP contribution in [0.15, 0.2) is 23.6 Å². The van der Waals surface area contributed by atoms with Crippen LogP contribution in [0.25, 0.3) is 11.3 Å². The molecule has 0 aliphatic carbocycles. The largest absolute Gasteiger partial charge is 0.486 e. The van der Waals surface area contributed by atoms with Crippen molar-refractivity contribution in [1.29, 1.82) is 0 Å². The maximum atomic E-state index is 5.61. The molecular weight excluding hydrogens is 260 g/mol.